The Morgan fingerprint density at radius 3 is 0.853 bits per heavy atom. The van der Waals surface area contributed by atoms with Crippen LogP contribution in [0.4, 0.5) is 0 Å². The summed E-state index contributed by atoms with van der Waals surface area (Å²) in [6.45, 7) is 0. The van der Waals surface area contributed by atoms with E-state index in [9.17, 15) is 0 Å². The molecule has 16 aromatic rings. The topological polar surface area (TPSA) is 35.6 Å². The molecule has 4 heteroatoms. The Morgan fingerprint density at radius 2 is 0.515 bits per heavy atom. The summed E-state index contributed by atoms with van der Waals surface area (Å²) in [7, 11) is 0. The van der Waals surface area contributed by atoms with E-state index in [0.29, 0.717) is 0 Å². The van der Waals surface area contributed by atoms with Gasteiger partial charge in [0.15, 0.2) is 0 Å². The van der Waals surface area contributed by atoms with Crippen LogP contribution in [0.1, 0.15) is 0 Å². The fourth-order valence-corrected chi connectivity index (χ4v) is 12.4. The van der Waals surface area contributed by atoms with E-state index in [-0.39, 0.29) is 0 Å². The molecule has 0 radical (unpaired) electrons. The number of hydrogen-bond acceptors (Lipinski definition) is 2. The average molecular weight is 861 g/mol. The first-order valence-corrected chi connectivity index (χ1v) is 23.4. The number of pyridine rings is 2. The van der Waals surface area contributed by atoms with Crippen molar-refractivity contribution >= 4 is 141 Å². The molecule has 0 amide bonds. The van der Waals surface area contributed by atoms with Crippen LogP contribution in [0.15, 0.2) is 219 Å². The van der Waals surface area contributed by atoms with Gasteiger partial charge in [0.25, 0.3) is 0 Å². The standard InChI is InChI=1S/C64H36N4/c1-3-19-43-39(15-1)41-17-5-7-21-45(41)53-35-37(29-31-47(43)53)67-55-27-13-33-65-61(55)59-51-25-11-10-24-50(51)58-57(63(59)67)49-23-9-12-26-52(49)60-62-56(28-14-34-66-62)68(64(58)60)38-30-32-48-44-20-4-2-16-40(44)42-18-6-8-22-46(42)54(48)36-38/h1-36H. The van der Waals surface area contributed by atoms with Crippen LogP contribution >= 0.6 is 0 Å². The van der Waals surface area contributed by atoms with Gasteiger partial charge in [-0.2, -0.15) is 0 Å². The van der Waals surface area contributed by atoms with Crippen LogP contribution < -0.4 is 0 Å². The van der Waals surface area contributed by atoms with Gasteiger partial charge >= 0.3 is 0 Å². The zero-order valence-corrected chi connectivity index (χ0v) is 36.6. The lowest BCUT2D eigenvalue weighted by molar-refractivity contribution is 1.18. The fraction of sp³-hybridized carbons (Fsp3) is 0. The molecular weight excluding hydrogens is 825 g/mol. The Morgan fingerprint density at radius 1 is 0.235 bits per heavy atom. The predicted molar refractivity (Wildman–Crippen MR) is 288 cm³/mol. The van der Waals surface area contributed by atoms with Crippen LogP contribution in [-0.2, 0) is 0 Å². The third kappa shape index (κ3) is 4.58. The molecule has 312 valence electrons. The van der Waals surface area contributed by atoms with Crippen molar-refractivity contribution in [1.82, 2.24) is 19.1 Å². The molecular formula is C64H36N4. The van der Waals surface area contributed by atoms with Crippen molar-refractivity contribution in [3.8, 4) is 11.4 Å². The van der Waals surface area contributed by atoms with E-state index in [0.717, 1.165) is 55.2 Å². The smallest absolute Gasteiger partial charge is 0.0969 e. The van der Waals surface area contributed by atoms with E-state index in [2.05, 4.69) is 215 Å². The summed E-state index contributed by atoms with van der Waals surface area (Å²) in [6.07, 6.45) is 3.89. The van der Waals surface area contributed by atoms with Crippen LogP contribution in [0.5, 0.6) is 0 Å². The maximum atomic E-state index is 5.25. The minimum atomic E-state index is 0.990. The van der Waals surface area contributed by atoms with Crippen molar-refractivity contribution < 1.29 is 0 Å². The molecule has 12 aromatic carbocycles. The molecule has 0 unspecified atom stereocenters. The molecule has 0 saturated heterocycles. The maximum Gasteiger partial charge on any atom is 0.0969 e. The molecule has 0 spiro atoms. The Labute approximate surface area is 388 Å². The van der Waals surface area contributed by atoms with E-state index in [1.807, 2.05) is 12.4 Å². The van der Waals surface area contributed by atoms with Crippen molar-refractivity contribution in [3.63, 3.8) is 0 Å². The summed E-state index contributed by atoms with van der Waals surface area (Å²) in [5.41, 5.74) is 8.62. The molecule has 4 aromatic heterocycles. The molecule has 0 atom stereocenters. The first-order chi connectivity index (χ1) is 33.8. The average Bonchev–Trinajstić information content (AvgIpc) is 3.95. The Kier molecular flexibility index (Phi) is 7.04. The van der Waals surface area contributed by atoms with Crippen LogP contribution in [-0.4, -0.2) is 19.1 Å². The SMILES string of the molecule is c1ccc2c(c1)c1ccccc1c1cc(-n3c4cccnc4c4c5ccccc5c5c(c6ccccc6c6c7ncccc7n(-c7ccc8c9ccccc9c9ccccc9c8c7)c65)c43)ccc21. The number of nitrogens with zero attached hydrogens (tertiary/aromatic N) is 4. The minimum Gasteiger partial charge on any atom is -0.307 e. The largest absolute Gasteiger partial charge is 0.307 e. The second kappa shape index (κ2) is 13.3. The predicted octanol–water partition coefficient (Wildman–Crippen LogP) is 17.0. The van der Waals surface area contributed by atoms with Gasteiger partial charge in [-0.05, 0) is 135 Å². The van der Waals surface area contributed by atoms with E-state index >= 15 is 0 Å². The fourth-order valence-electron chi connectivity index (χ4n) is 12.4. The van der Waals surface area contributed by atoms with Gasteiger partial charge < -0.3 is 9.13 Å². The molecule has 0 aliphatic heterocycles. The van der Waals surface area contributed by atoms with Crippen LogP contribution in [0.3, 0.4) is 0 Å². The molecule has 0 fully saturated rings. The molecule has 68 heavy (non-hydrogen) atoms. The maximum absolute atomic E-state index is 5.25. The minimum absolute atomic E-state index is 0.990. The van der Waals surface area contributed by atoms with Gasteiger partial charge in [-0.25, -0.2) is 0 Å². The molecule has 0 N–H and O–H groups in total. The Hall–Kier alpha value is -9.12. The monoisotopic (exact) mass is 860 g/mol. The van der Waals surface area contributed by atoms with Gasteiger partial charge in [-0.3, -0.25) is 9.97 Å². The number of aromatic nitrogens is 4. The molecule has 16 rings (SSSR count). The summed E-state index contributed by atoms with van der Waals surface area (Å²) in [5, 5.41) is 24.5. The molecule has 4 heterocycles. The molecule has 0 bridgehead atoms. The summed E-state index contributed by atoms with van der Waals surface area (Å²) in [4.78, 5) is 10.5. The molecule has 0 saturated carbocycles. The van der Waals surface area contributed by atoms with E-state index in [1.165, 1.54) is 97.0 Å². The van der Waals surface area contributed by atoms with Gasteiger partial charge in [-0.1, -0.05) is 158 Å². The normalized spacial score (nSPS) is 12.4. The van der Waals surface area contributed by atoms with Crippen LogP contribution in [0.2, 0.25) is 0 Å². The van der Waals surface area contributed by atoms with Crippen molar-refractivity contribution in [1.29, 1.82) is 0 Å². The zero-order chi connectivity index (χ0) is 44.2. The highest BCUT2D eigenvalue weighted by Gasteiger charge is 2.27. The van der Waals surface area contributed by atoms with Gasteiger partial charge in [0.05, 0.1) is 33.1 Å². The van der Waals surface area contributed by atoms with Crippen molar-refractivity contribution in [2.45, 2.75) is 0 Å². The summed E-state index contributed by atoms with van der Waals surface area (Å²) in [5.74, 6) is 0. The molecule has 0 aliphatic rings. The summed E-state index contributed by atoms with van der Waals surface area (Å²) >= 11 is 0. The van der Waals surface area contributed by atoms with Gasteiger partial charge in [-0.15, -0.1) is 0 Å². The second-order valence-corrected chi connectivity index (χ2v) is 18.3. The number of rotatable bonds is 2. The molecule has 0 aliphatic carbocycles. The third-order valence-electron chi connectivity index (χ3n) is 15.1. The molecule has 4 nitrogen and oxygen atoms in total. The van der Waals surface area contributed by atoms with E-state index in [1.54, 1.807) is 0 Å². The Bertz CT molecular complexity index is 4540. The van der Waals surface area contributed by atoms with Crippen molar-refractivity contribution in [2.75, 3.05) is 0 Å². The number of hydrogen-bond donors (Lipinski definition) is 0. The quantitative estimate of drug-likeness (QED) is 0.162. The second-order valence-electron chi connectivity index (χ2n) is 18.3. The third-order valence-corrected chi connectivity index (χ3v) is 15.1. The Balaban J connectivity index is 1.13. The lowest BCUT2D eigenvalue weighted by atomic mass is 9.91. The van der Waals surface area contributed by atoms with Crippen molar-refractivity contribution in [2.24, 2.45) is 0 Å². The highest BCUT2D eigenvalue weighted by Crippen LogP contribution is 2.50. The number of benzene rings is 12. The number of fused-ring (bicyclic) bond motifs is 27. The van der Waals surface area contributed by atoms with Crippen LogP contribution in [0.25, 0.3) is 152 Å². The highest BCUT2D eigenvalue weighted by atomic mass is 15.0. The van der Waals surface area contributed by atoms with Gasteiger partial charge in [0.1, 0.15) is 0 Å². The van der Waals surface area contributed by atoms with E-state index in [4.69, 9.17) is 9.97 Å². The lowest BCUT2D eigenvalue weighted by Gasteiger charge is -2.18. The lowest BCUT2D eigenvalue weighted by Crippen LogP contribution is -1.98. The van der Waals surface area contributed by atoms with E-state index < -0.39 is 0 Å². The zero-order valence-electron chi connectivity index (χ0n) is 36.6. The first kappa shape index (κ1) is 36.1. The summed E-state index contributed by atoms with van der Waals surface area (Å²) in [6, 6.07) is 76.2. The highest BCUT2D eigenvalue weighted by molar-refractivity contribution is 6.44. The van der Waals surface area contributed by atoms with Gasteiger partial charge in [0.2, 0.25) is 0 Å². The first-order valence-electron chi connectivity index (χ1n) is 23.4. The summed E-state index contributed by atoms with van der Waals surface area (Å²) < 4.78 is 5.01. The van der Waals surface area contributed by atoms with Crippen molar-refractivity contribution in [3.05, 3.63) is 219 Å². The van der Waals surface area contributed by atoms with Crippen LogP contribution in [0, 0.1) is 0 Å². The van der Waals surface area contributed by atoms with Gasteiger partial charge in [0, 0.05) is 45.3 Å².